The van der Waals surface area contributed by atoms with E-state index < -0.39 is 0 Å². The van der Waals surface area contributed by atoms with Gasteiger partial charge in [-0.05, 0) is 24.3 Å². The molecule has 0 aliphatic heterocycles. The molecule has 0 amide bonds. The summed E-state index contributed by atoms with van der Waals surface area (Å²) >= 11 is 7.48. The minimum absolute atomic E-state index is 0.00320. The van der Waals surface area contributed by atoms with Crippen molar-refractivity contribution in [2.45, 2.75) is 33.2 Å². The summed E-state index contributed by atoms with van der Waals surface area (Å²) in [6.07, 6.45) is 2.70. The number of halogens is 1. The van der Waals surface area contributed by atoms with E-state index in [9.17, 15) is 4.79 Å². The zero-order valence-corrected chi connectivity index (χ0v) is 11.9. The lowest BCUT2D eigenvalue weighted by molar-refractivity contribution is 0.0993. The number of nitrogens with zero attached hydrogens (tertiary/aromatic N) is 3. The van der Waals surface area contributed by atoms with Crippen molar-refractivity contribution in [3.05, 3.63) is 33.0 Å². The third kappa shape index (κ3) is 2.62. The van der Waals surface area contributed by atoms with Crippen LogP contribution in [-0.2, 0) is 13.0 Å². The lowest BCUT2D eigenvalue weighted by Gasteiger charge is -2.03. The highest BCUT2D eigenvalue weighted by molar-refractivity contribution is 7.13. The zero-order valence-electron chi connectivity index (χ0n) is 10.3. The quantitative estimate of drug-likeness (QED) is 0.792. The molecular weight excluding hydrogens is 270 g/mol. The fourth-order valence-corrected chi connectivity index (χ4v) is 2.90. The third-order valence-electron chi connectivity index (χ3n) is 2.60. The summed E-state index contributed by atoms with van der Waals surface area (Å²) in [6, 6.07) is 0. The molecule has 0 unspecified atom stereocenters. The van der Waals surface area contributed by atoms with Crippen LogP contribution < -0.4 is 0 Å². The van der Waals surface area contributed by atoms with Gasteiger partial charge in [-0.1, -0.05) is 18.5 Å². The smallest absolute Gasteiger partial charge is 0.181 e. The normalized spacial score (nSPS) is 10.8. The van der Waals surface area contributed by atoms with Crippen LogP contribution in [0.3, 0.4) is 0 Å². The molecule has 2 rings (SSSR count). The molecule has 18 heavy (non-hydrogen) atoms. The van der Waals surface area contributed by atoms with Crippen LogP contribution in [0.25, 0.3) is 0 Å². The third-order valence-corrected chi connectivity index (χ3v) is 4.34. The molecule has 4 nitrogen and oxygen atoms in total. The molecule has 0 atom stereocenters. The molecule has 0 saturated heterocycles. The second-order valence-electron chi connectivity index (χ2n) is 4.06. The van der Waals surface area contributed by atoms with Crippen molar-refractivity contribution in [2.75, 3.05) is 0 Å². The second kappa shape index (κ2) is 5.63. The zero-order chi connectivity index (χ0) is 13.1. The Morgan fingerprint density at radius 2 is 2.33 bits per heavy atom. The summed E-state index contributed by atoms with van der Waals surface area (Å²) in [4.78, 5) is 16.9. The molecule has 96 valence electrons. The van der Waals surface area contributed by atoms with Gasteiger partial charge in [0.15, 0.2) is 5.78 Å². The molecular formula is C12H14ClN3OS. The summed E-state index contributed by atoms with van der Waals surface area (Å²) in [7, 11) is 0. The maximum Gasteiger partial charge on any atom is 0.181 e. The van der Waals surface area contributed by atoms with Gasteiger partial charge >= 0.3 is 0 Å². The minimum Gasteiger partial charge on any atom is -0.293 e. The number of ketones is 1. The molecule has 0 bridgehead atoms. The van der Waals surface area contributed by atoms with E-state index in [1.54, 1.807) is 4.68 Å². The van der Waals surface area contributed by atoms with E-state index in [1.165, 1.54) is 17.7 Å². The van der Waals surface area contributed by atoms with Crippen LogP contribution >= 0.6 is 22.9 Å². The molecule has 0 aromatic carbocycles. The summed E-state index contributed by atoms with van der Waals surface area (Å²) in [5, 5.41) is 6.56. The van der Waals surface area contributed by atoms with Crippen molar-refractivity contribution >= 4 is 28.7 Å². The highest BCUT2D eigenvalue weighted by Crippen LogP contribution is 2.28. The van der Waals surface area contributed by atoms with Crippen LogP contribution in [-0.4, -0.2) is 20.5 Å². The lowest BCUT2D eigenvalue weighted by Crippen LogP contribution is -2.11. The second-order valence-corrected chi connectivity index (χ2v) is 5.32. The maximum absolute atomic E-state index is 12.1. The van der Waals surface area contributed by atoms with Crippen molar-refractivity contribution < 1.29 is 4.79 Å². The average Bonchev–Trinajstić information content (AvgIpc) is 2.89. The van der Waals surface area contributed by atoms with Gasteiger partial charge in [-0.3, -0.25) is 4.79 Å². The van der Waals surface area contributed by atoms with Gasteiger partial charge in [0, 0.05) is 6.54 Å². The summed E-state index contributed by atoms with van der Waals surface area (Å²) in [5.41, 5.74) is 0.944. The van der Waals surface area contributed by atoms with Crippen LogP contribution in [0.5, 0.6) is 0 Å². The highest BCUT2D eigenvalue weighted by Gasteiger charge is 2.17. The van der Waals surface area contributed by atoms with Crippen molar-refractivity contribution in [3.8, 4) is 0 Å². The first-order valence-corrected chi connectivity index (χ1v) is 7.02. The maximum atomic E-state index is 12.1. The number of carbonyl (C=O) groups is 1. The van der Waals surface area contributed by atoms with Gasteiger partial charge in [-0.25, -0.2) is 9.67 Å². The monoisotopic (exact) mass is 283 g/mol. The Bertz CT molecular complexity index is 561. The van der Waals surface area contributed by atoms with Crippen LogP contribution in [0.1, 0.15) is 34.4 Å². The largest absolute Gasteiger partial charge is 0.293 e. The number of hydrogen-bond acceptors (Lipinski definition) is 4. The van der Waals surface area contributed by atoms with Crippen molar-refractivity contribution in [3.63, 3.8) is 0 Å². The Hall–Kier alpha value is -1.20. The SMILES string of the molecule is CCCn1ncnc1CC(=O)c1scc(C)c1Cl. The van der Waals surface area contributed by atoms with E-state index in [2.05, 4.69) is 17.0 Å². The number of thiophene rings is 1. The van der Waals surface area contributed by atoms with Gasteiger partial charge < -0.3 is 0 Å². The molecule has 0 saturated carbocycles. The lowest BCUT2D eigenvalue weighted by atomic mass is 10.2. The number of rotatable bonds is 5. The minimum atomic E-state index is 0.00320. The molecule has 0 aliphatic rings. The average molecular weight is 284 g/mol. The highest BCUT2D eigenvalue weighted by atomic mass is 35.5. The van der Waals surface area contributed by atoms with Crippen LogP contribution in [0.4, 0.5) is 0 Å². The van der Waals surface area contributed by atoms with Gasteiger partial charge in [0.25, 0.3) is 0 Å². The van der Waals surface area contributed by atoms with E-state index in [0.717, 1.165) is 18.5 Å². The van der Waals surface area contributed by atoms with Crippen molar-refractivity contribution in [1.82, 2.24) is 14.8 Å². The molecule has 0 fully saturated rings. The summed E-state index contributed by atoms with van der Waals surface area (Å²) in [6.45, 7) is 4.74. The number of aryl methyl sites for hydroxylation is 2. The first-order valence-electron chi connectivity index (χ1n) is 5.77. The van der Waals surface area contributed by atoms with E-state index in [4.69, 9.17) is 11.6 Å². The Balaban J connectivity index is 2.16. The van der Waals surface area contributed by atoms with E-state index in [0.29, 0.717) is 15.7 Å². The Kier molecular flexibility index (Phi) is 4.14. The van der Waals surface area contributed by atoms with Crippen LogP contribution in [0, 0.1) is 6.92 Å². The Morgan fingerprint density at radius 3 is 2.94 bits per heavy atom. The predicted molar refractivity (Wildman–Crippen MR) is 72.4 cm³/mol. The fourth-order valence-electron chi connectivity index (χ4n) is 1.67. The predicted octanol–water partition coefficient (Wildman–Crippen LogP) is 3.14. The molecule has 2 heterocycles. The van der Waals surface area contributed by atoms with Gasteiger partial charge in [0.1, 0.15) is 12.2 Å². The van der Waals surface area contributed by atoms with Gasteiger partial charge in [-0.2, -0.15) is 5.10 Å². The topological polar surface area (TPSA) is 47.8 Å². The summed E-state index contributed by atoms with van der Waals surface area (Å²) in [5.74, 6) is 0.701. The molecule has 0 aliphatic carbocycles. The van der Waals surface area contributed by atoms with Gasteiger partial charge in [0.2, 0.25) is 0 Å². The van der Waals surface area contributed by atoms with E-state index in [1.807, 2.05) is 12.3 Å². The Morgan fingerprint density at radius 1 is 1.56 bits per heavy atom. The number of aromatic nitrogens is 3. The fraction of sp³-hybridized carbons (Fsp3) is 0.417. The van der Waals surface area contributed by atoms with Gasteiger partial charge in [0.05, 0.1) is 16.3 Å². The standard InChI is InChI=1S/C12H14ClN3OS/c1-3-4-16-10(14-7-15-16)5-9(17)12-11(13)8(2)6-18-12/h6-7H,3-5H2,1-2H3. The molecule has 0 N–H and O–H groups in total. The number of carbonyl (C=O) groups excluding carboxylic acids is 1. The Labute approximate surface area is 115 Å². The molecule has 2 aromatic heterocycles. The van der Waals surface area contributed by atoms with E-state index in [-0.39, 0.29) is 12.2 Å². The summed E-state index contributed by atoms with van der Waals surface area (Å²) < 4.78 is 1.77. The van der Waals surface area contributed by atoms with Crippen LogP contribution in [0.2, 0.25) is 5.02 Å². The number of Topliss-reactive ketones (excluding diaryl/α,β-unsaturated/α-hetero) is 1. The molecule has 6 heteroatoms. The van der Waals surface area contributed by atoms with Gasteiger partial charge in [-0.15, -0.1) is 11.3 Å². The molecule has 2 aromatic rings. The van der Waals surface area contributed by atoms with Crippen LogP contribution in [0.15, 0.2) is 11.7 Å². The van der Waals surface area contributed by atoms with Crippen molar-refractivity contribution in [2.24, 2.45) is 0 Å². The first-order chi connectivity index (χ1) is 8.63. The number of hydrogen-bond donors (Lipinski definition) is 0. The van der Waals surface area contributed by atoms with E-state index >= 15 is 0 Å². The van der Waals surface area contributed by atoms with Crippen molar-refractivity contribution in [1.29, 1.82) is 0 Å². The first kappa shape index (κ1) is 13.2. The molecule has 0 radical (unpaired) electrons. The molecule has 0 spiro atoms.